The van der Waals surface area contributed by atoms with Crippen LogP contribution in [0.2, 0.25) is 0 Å². The predicted molar refractivity (Wildman–Crippen MR) is 57.7 cm³/mol. The van der Waals surface area contributed by atoms with Crippen molar-refractivity contribution < 1.29 is 8.42 Å². The molecule has 4 nitrogen and oxygen atoms in total. The number of hydrogen-bond donors (Lipinski definition) is 0. The first-order valence-electron chi connectivity index (χ1n) is 5.12. The van der Waals surface area contributed by atoms with Crippen molar-refractivity contribution in [3.63, 3.8) is 0 Å². The minimum atomic E-state index is -3.02. The van der Waals surface area contributed by atoms with E-state index >= 15 is 0 Å². The molecule has 0 amide bonds. The summed E-state index contributed by atoms with van der Waals surface area (Å²) in [4.78, 5) is 2.29. The summed E-state index contributed by atoms with van der Waals surface area (Å²) in [6.45, 7) is 4.96. The normalized spacial score (nSPS) is 21.7. The van der Waals surface area contributed by atoms with Gasteiger partial charge in [-0.05, 0) is 32.5 Å². The molecule has 0 aromatic carbocycles. The molecule has 0 aromatic rings. The zero-order valence-electron chi connectivity index (χ0n) is 9.23. The van der Waals surface area contributed by atoms with E-state index in [9.17, 15) is 8.42 Å². The zero-order chi connectivity index (χ0) is 10.8. The van der Waals surface area contributed by atoms with Crippen molar-refractivity contribution in [1.82, 2.24) is 9.21 Å². The van der Waals surface area contributed by atoms with Gasteiger partial charge in [0.1, 0.15) is 0 Å². The SMILES string of the molecule is CCN1CCC(S(=O)(=O)N(C)C)CC1. The summed E-state index contributed by atoms with van der Waals surface area (Å²) in [7, 11) is 0.200. The third-order valence-electron chi connectivity index (χ3n) is 2.91. The second kappa shape index (κ2) is 4.59. The molecule has 1 aliphatic rings. The summed E-state index contributed by atoms with van der Waals surface area (Å²) in [6.07, 6.45) is 1.54. The van der Waals surface area contributed by atoms with Gasteiger partial charge in [-0.3, -0.25) is 0 Å². The van der Waals surface area contributed by atoms with E-state index in [4.69, 9.17) is 0 Å². The van der Waals surface area contributed by atoms with Crippen molar-refractivity contribution in [2.45, 2.75) is 25.0 Å². The minimum absolute atomic E-state index is 0.166. The average molecular weight is 220 g/mol. The molecule has 0 unspecified atom stereocenters. The Balaban J connectivity index is 2.58. The van der Waals surface area contributed by atoms with Gasteiger partial charge in [0.05, 0.1) is 5.25 Å². The van der Waals surface area contributed by atoms with E-state index in [0.717, 1.165) is 32.5 Å². The molecule has 0 aliphatic carbocycles. The third kappa shape index (κ3) is 2.46. The fourth-order valence-electron chi connectivity index (χ4n) is 1.82. The summed E-state index contributed by atoms with van der Waals surface area (Å²) in [6, 6.07) is 0. The molecule has 0 saturated carbocycles. The van der Waals surface area contributed by atoms with Gasteiger partial charge in [0.25, 0.3) is 0 Å². The summed E-state index contributed by atoms with van der Waals surface area (Å²) in [5, 5.41) is -0.166. The number of sulfonamides is 1. The Labute approximate surface area is 86.9 Å². The van der Waals surface area contributed by atoms with E-state index in [1.54, 1.807) is 14.1 Å². The fraction of sp³-hybridized carbons (Fsp3) is 1.00. The molecule has 14 heavy (non-hydrogen) atoms. The molecule has 84 valence electrons. The number of nitrogens with zero attached hydrogens (tertiary/aromatic N) is 2. The first kappa shape index (κ1) is 11.9. The monoisotopic (exact) mass is 220 g/mol. The van der Waals surface area contributed by atoms with Crippen LogP contribution in [0.1, 0.15) is 19.8 Å². The highest BCUT2D eigenvalue weighted by atomic mass is 32.2. The van der Waals surface area contributed by atoms with Crippen LogP contribution in [0.5, 0.6) is 0 Å². The lowest BCUT2D eigenvalue weighted by atomic mass is 10.1. The molecule has 1 aliphatic heterocycles. The van der Waals surface area contributed by atoms with Gasteiger partial charge in [0.15, 0.2) is 0 Å². The smallest absolute Gasteiger partial charge is 0.216 e. The van der Waals surface area contributed by atoms with Crippen LogP contribution in [0.15, 0.2) is 0 Å². The second-order valence-electron chi connectivity index (χ2n) is 3.96. The van der Waals surface area contributed by atoms with Crippen LogP contribution in [0.4, 0.5) is 0 Å². The minimum Gasteiger partial charge on any atom is -0.304 e. The van der Waals surface area contributed by atoms with Gasteiger partial charge in [0.2, 0.25) is 10.0 Å². The number of hydrogen-bond acceptors (Lipinski definition) is 3. The Kier molecular flexibility index (Phi) is 3.92. The maximum Gasteiger partial charge on any atom is 0.216 e. The molecule has 5 heteroatoms. The zero-order valence-corrected chi connectivity index (χ0v) is 10.0. The molecule has 0 N–H and O–H groups in total. The van der Waals surface area contributed by atoms with Crippen molar-refractivity contribution in [2.24, 2.45) is 0 Å². The fourth-order valence-corrected chi connectivity index (χ4v) is 3.22. The van der Waals surface area contributed by atoms with Crippen LogP contribution in [0.25, 0.3) is 0 Å². The van der Waals surface area contributed by atoms with Gasteiger partial charge >= 0.3 is 0 Å². The van der Waals surface area contributed by atoms with Gasteiger partial charge in [-0.25, -0.2) is 12.7 Å². The third-order valence-corrected chi connectivity index (χ3v) is 5.24. The molecular weight excluding hydrogens is 200 g/mol. The van der Waals surface area contributed by atoms with E-state index in [0.29, 0.717) is 0 Å². The maximum absolute atomic E-state index is 11.8. The van der Waals surface area contributed by atoms with Crippen LogP contribution in [0.3, 0.4) is 0 Å². The van der Waals surface area contributed by atoms with E-state index < -0.39 is 10.0 Å². The van der Waals surface area contributed by atoms with Crippen LogP contribution >= 0.6 is 0 Å². The highest BCUT2D eigenvalue weighted by Gasteiger charge is 2.30. The molecular formula is C9H20N2O2S. The van der Waals surface area contributed by atoms with Crippen molar-refractivity contribution in [1.29, 1.82) is 0 Å². The summed E-state index contributed by atoms with van der Waals surface area (Å²) < 4.78 is 24.9. The lowest BCUT2D eigenvalue weighted by molar-refractivity contribution is 0.239. The molecule has 0 aromatic heterocycles. The summed E-state index contributed by atoms with van der Waals surface area (Å²) >= 11 is 0. The highest BCUT2D eigenvalue weighted by Crippen LogP contribution is 2.19. The standard InChI is InChI=1S/C9H20N2O2S/c1-4-11-7-5-9(6-8-11)14(12,13)10(2)3/h9H,4-8H2,1-3H3. The molecule has 0 spiro atoms. The van der Waals surface area contributed by atoms with Crippen LogP contribution < -0.4 is 0 Å². The van der Waals surface area contributed by atoms with E-state index in [1.807, 2.05) is 0 Å². The summed E-state index contributed by atoms with van der Waals surface area (Å²) in [5.74, 6) is 0. The van der Waals surface area contributed by atoms with Crippen molar-refractivity contribution in [3.05, 3.63) is 0 Å². The molecule has 0 radical (unpaired) electrons. The van der Waals surface area contributed by atoms with Gasteiger partial charge in [-0.15, -0.1) is 0 Å². The number of rotatable bonds is 3. The van der Waals surface area contributed by atoms with E-state index in [1.165, 1.54) is 4.31 Å². The quantitative estimate of drug-likeness (QED) is 0.689. The molecule has 0 atom stereocenters. The van der Waals surface area contributed by atoms with E-state index in [-0.39, 0.29) is 5.25 Å². The largest absolute Gasteiger partial charge is 0.304 e. The van der Waals surface area contributed by atoms with Gasteiger partial charge < -0.3 is 4.90 Å². The topological polar surface area (TPSA) is 40.6 Å². The first-order valence-corrected chi connectivity index (χ1v) is 6.62. The van der Waals surface area contributed by atoms with Gasteiger partial charge in [0, 0.05) is 14.1 Å². The summed E-state index contributed by atoms with van der Waals surface area (Å²) in [5.41, 5.74) is 0. The van der Waals surface area contributed by atoms with Crippen LogP contribution in [-0.4, -0.2) is 56.6 Å². The Morgan fingerprint density at radius 1 is 1.29 bits per heavy atom. The molecule has 1 rings (SSSR count). The Morgan fingerprint density at radius 3 is 2.14 bits per heavy atom. The predicted octanol–water partition coefficient (Wildman–Crippen LogP) is 0.362. The highest BCUT2D eigenvalue weighted by molar-refractivity contribution is 7.89. The van der Waals surface area contributed by atoms with Crippen molar-refractivity contribution >= 4 is 10.0 Å². The first-order chi connectivity index (χ1) is 6.48. The Morgan fingerprint density at radius 2 is 1.79 bits per heavy atom. The Hall–Kier alpha value is -0.130. The molecule has 0 bridgehead atoms. The number of piperidine rings is 1. The maximum atomic E-state index is 11.8. The lowest BCUT2D eigenvalue weighted by Crippen LogP contribution is -2.42. The van der Waals surface area contributed by atoms with Crippen LogP contribution in [-0.2, 0) is 10.0 Å². The van der Waals surface area contributed by atoms with Crippen molar-refractivity contribution in [3.8, 4) is 0 Å². The molecule has 1 saturated heterocycles. The Bertz CT molecular complexity index is 267. The van der Waals surface area contributed by atoms with Crippen molar-refractivity contribution in [2.75, 3.05) is 33.7 Å². The number of likely N-dealkylation sites (tertiary alicyclic amines) is 1. The lowest BCUT2D eigenvalue weighted by Gasteiger charge is -2.31. The molecule has 1 heterocycles. The van der Waals surface area contributed by atoms with E-state index in [2.05, 4.69) is 11.8 Å². The average Bonchev–Trinajstić information content (AvgIpc) is 2.17. The van der Waals surface area contributed by atoms with Crippen LogP contribution in [0, 0.1) is 0 Å². The second-order valence-corrected chi connectivity index (χ2v) is 6.39. The van der Waals surface area contributed by atoms with Gasteiger partial charge in [-0.2, -0.15) is 0 Å². The molecule has 1 fully saturated rings. The van der Waals surface area contributed by atoms with Gasteiger partial charge in [-0.1, -0.05) is 6.92 Å².